The largest absolute Gasteiger partial charge is 0.222 e. The van der Waals surface area contributed by atoms with Crippen molar-refractivity contribution in [2.75, 3.05) is 0 Å². The monoisotopic (exact) mass is 311 g/mol. The van der Waals surface area contributed by atoms with E-state index in [1.165, 1.54) is 49.9 Å². The molecule has 2 aliphatic rings. The first-order valence-electron chi connectivity index (χ1n) is 6.29. The number of aryl methyl sites for hydroxylation is 1. The van der Waals surface area contributed by atoms with E-state index in [0.717, 1.165) is 15.3 Å². The molecule has 0 radical (unpaired) electrons. The van der Waals surface area contributed by atoms with E-state index in [1.54, 1.807) is 11.3 Å². The topological polar surface area (TPSA) is 30.2 Å². The number of imidazole rings is 1. The second-order valence-corrected chi connectivity index (χ2v) is 7.67. The number of fused-ring (bicyclic) bond motifs is 3. The number of hydrogen-bond acceptors (Lipinski definition) is 3. The number of nitrogens with zero attached hydrogens (tertiary/aromatic N) is 3. The van der Waals surface area contributed by atoms with Gasteiger partial charge in [-0.1, -0.05) is 24.2 Å². The molecule has 5 heteroatoms. The summed E-state index contributed by atoms with van der Waals surface area (Å²) in [6, 6.07) is 0. The Bertz CT molecular complexity index is 580. The van der Waals surface area contributed by atoms with Crippen LogP contribution in [0.3, 0.4) is 0 Å². The van der Waals surface area contributed by atoms with Crippen LogP contribution in [0.15, 0.2) is 3.92 Å². The van der Waals surface area contributed by atoms with Gasteiger partial charge in [0.25, 0.3) is 0 Å². The van der Waals surface area contributed by atoms with Crippen molar-refractivity contribution in [2.45, 2.75) is 44.9 Å². The summed E-state index contributed by atoms with van der Waals surface area (Å²) in [4.78, 5) is 5.77. The highest BCUT2D eigenvalue weighted by Crippen LogP contribution is 2.47. The molecular weight excluding hydrogens is 298 g/mol. The van der Waals surface area contributed by atoms with Crippen molar-refractivity contribution >= 4 is 32.2 Å². The number of rotatable bonds is 0. The molecule has 90 valence electrons. The molecule has 3 nitrogen and oxygen atoms in total. The first-order chi connectivity index (χ1) is 8.26. The zero-order valence-corrected chi connectivity index (χ0v) is 12.0. The van der Waals surface area contributed by atoms with Gasteiger partial charge in [-0.3, -0.25) is 0 Å². The van der Waals surface area contributed by atoms with Crippen LogP contribution in [-0.4, -0.2) is 14.6 Å². The quantitative estimate of drug-likeness (QED) is 0.744. The lowest BCUT2D eigenvalue weighted by Gasteiger charge is -2.32. The Labute approximate surface area is 112 Å². The third kappa shape index (κ3) is 1.51. The SMILES string of the molecule is Brc1nn2c3c(nc2s1)CCC1(CCCC1)C3. The smallest absolute Gasteiger partial charge is 0.213 e. The van der Waals surface area contributed by atoms with Gasteiger partial charge in [-0.2, -0.15) is 0 Å². The van der Waals surface area contributed by atoms with E-state index in [1.807, 2.05) is 0 Å². The second kappa shape index (κ2) is 3.54. The molecule has 0 atom stereocenters. The first-order valence-corrected chi connectivity index (χ1v) is 7.90. The number of hydrogen-bond donors (Lipinski definition) is 0. The van der Waals surface area contributed by atoms with Crippen LogP contribution in [0.2, 0.25) is 0 Å². The van der Waals surface area contributed by atoms with Gasteiger partial charge < -0.3 is 0 Å². The van der Waals surface area contributed by atoms with Crippen molar-refractivity contribution in [3.63, 3.8) is 0 Å². The average molecular weight is 312 g/mol. The molecule has 17 heavy (non-hydrogen) atoms. The molecule has 2 aliphatic carbocycles. The third-order valence-electron chi connectivity index (χ3n) is 4.45. The Morgan fingerprint density at radius 2 is 2.06 bits per heavy atom. The minimum absolute atomic E-state index is 0.582. The molecular formula is C12H14BrN3S. The Hall–Kier alpha value is -0.420. The van der Waals surface area contributed by atoms with E-state index in [-0.39, 0.29) is 0 Å². The summed E-state index contributed by atoms with van der Waals surface area (Å²) in [5, 5.41) is 4.53. The van der Waals surface area contributed by atoms with Crippen LogP contribution in [0.25, 0.3) is 4.96 Å². The van der Waals surface area contributed by atoms with E-state index in [0.29, 0.717) is 5.41 Å². The second-order valence-electron chi connectivity index (χ2n) is 5.44. The Morgan fingerprint density at radius 1 is 1.24 bits per heavy atom. The van der Waals surface area contributed by atoms with Gasteiger partial charge >= 0.3 is 0 Å². The highest BCUT2D eigenvalue weighted by Gasteiger charge is 2.39. The predicted octanol–water partition coefficient (Wildman–Crippen LogP) is 3.60. The molecule has 1 fully saturated rings. The highest BCUT2D eigenvalue weighted by atomic mass is 79.9. The molecule has 0 amide bonds. The molecule has 1 saturated carbocycles. The maximum absolute atomic E-state index is 4.72. The van der Waals surface area contributed by atoms with Gasteiger partial charge in [0.1, 0.15) is 0 Å². The minimum atomic E-state index is 0.582. The first kappa shape index (κ1) is 10.5. The standard InChI is InChI=1S/C12H14BrN3S/c13-10-15-16-9-7-12(4-1-2-5-12)6-3-8(9)14-11(16)17-10/h1-7H2. The van der Waals surface area contributed by atoms with Gasteiger partial charge in [-0.25, -0.2) is 9.50 Å². The lowest BCUT2D eigenvalue weighted by molar-refractivity contribution is 0.249. The zero-order valence-electron chi connectivity index (χ0n) is 9.58. The van der Waals surface area contributed by atoms with Crippen LogP contribution in [0.1, 0.15) is 43.5 Å². The van der Waals surface area contributed by atoms with Gasteiger partial charge in [-0.15, -0.1) is 5.10 Å². The van der Waals surface area contributed by atoms with Crippen LogP contribution in [-0.2, 0) is 12.8 Å². The molecule has 1 spiro atoms. The number of aromatic nitrogens is 3. The predicted molar refractivity (Wildman–Crippen MR) is 71.5 cm³/mol. The normalized spacial score (nSPS) is 22.4. The molecule has 4 rings (SSSR count). The summed E-state index contributed by atoms with van der Waals surface area (Å²) in [6.07, 6.45) is 9.33. The van der Waals surface area contributed by atoms with Gasteiger partial charge in [0, 0.05) is 0 Å². The van der Waals surface area contributed by atoms with Crippen molar-refractivity contribution in [3.05, 3.63) is 15.3 Å². The van der Waals surface area contributed by atoms with E-state index in [2.05, 4.69) is 25.5 Å². The molecule has 0 saturated heterocycles. The van der Waals surface area contributed by atoms with Gasteiger partial charge in [0.2, 0.25) is 4.96 Å². The third-order valence-corrected chi connectivity index (χ3v) is 5.79. The molecule has 0 bridgehead atoms. The van der Waals surface area contributed by atoms with Crippen LogP contribution < -0.4 is 0 Å². The van der Waals surface area contributed by atoms with Gasteiger partial charge in [0.05, 0.1) is 11.4 Å². The molecule has 2 aromatic rings. The Morgan fingerprint density at radius 3 is 2.88 bits per heavy atom. The van der Waals surface area contributed by atoms with E-state index >= 15 is 0 Å². The lowest BCUT2D eigenvalue weighted by Crippen LogP contribution is -2.26. The van der Waals surface area contributed by atoms with Crippen molar-refractivity contribution in [3.8, 4) is 0 Å². The van der Waals surface area contributed by atoms with Gasteiger partial charge in [0.15, 0.2) is 3.92 Å². The van der Waals surface area contributed by atoms with E-state index < -0.39 is 0 Å². The van der Waals surface area contributed by atoms with Crippen molar-refractivity contribution in [2.24, 2.45) is 5.41 Å². The summed E-state index contributed by atoms with van der Waals surface area (Å²) >= 11 is 5.09. The number of halogens is 1. The minimum Gasteiger partial charge on any atom is -0.222 e. The summed E-state index contributed by atoms with van der Waals surface area (Å²) in [5.41, 5.74) is 3.27. The lowest BCUT2D eigenvalue weighted by atomic mass is 9.73. The maximum Gasteiger partial charge on any atom is 0.213 e. The van der Waals surface area contributed by atoms with Crippen LogP contribution in [0.4, 0.5) is 0 Å². The Kier molecular flexibility index (Phi) is 2.19. The molecule has 0 aromatic carbocycles. The fourth-order valence-corrected chi connectivity index (χ4v) is 4.82. The summed E-state index contributed by atoms with van der Waals surface area (Å²) < 4.78 is 3.01. The van der Waals surface area contributed by atoms with Gasteiger partial charge in [-0.05, 0) is 53.4 Å². The summed E-state index contributed by atoms with van der Waals surface area (Å²) in [7, 11) is 0. The van der Waals surface area contributed by atoms with E-state index in [9.17, 15) is 0 Å². The highest BCUT2D eigenvalue weighted by molar-refractivity contribution is 9.11. The molecule has 2 heterocycles. The average Bonchev–Trinajstić information content (AvgIpc) is 2.95. The van der Waals surface area contributed by atoms with Crippen molar-refractivity contribution < 1.29 is 0 Å². The van der Waals surface area contributed by atoms with Crippen LogP contribution >= 0.6 is 27.3 Å². The summed E-state index contributed by atoms with van der Waals surface area (Å²) in [6.45, 7) is 0. The van der Waals surface area contributed by atoms with E-state index in [4.69, 9.17) is 4.98 Å². The molecule has 2 aromatic heterocycles. The Balaban J connectivity index is 1.83. The van der Waals surface area contributed by atoms with Crippen molar-refractivity contribution in [1.29, 1.82) is 0 Å². The molecule has 0 unspecified atom stereocenters. The van der Waals surface area contributed by atoms with Crippen LogP contribution in [0.5, 0.6) is 0 Å². The fraction of sp³-hybridized carbons (Fsp3) is 0.667. The maximum atomic E-state index is 4.72. The van der Waals surface area contributed by atoms with Crippen molar-refractivity contribution in [1.82, 2.24) is 14.6 Å². The van der Waals surface area contributed by atoms with Crippen LogP contribution in [0, 0.1) is 5.41 Å². The summed E-state index contributed by atoms with van der Waals surface area (Å²) in [5.74, 6) is 0. The zero-order chi connectivity index (χ0) is 11.5. The molecule has 0 aliphatic heterocycles. The molecule has 0 N–H and O–H groups in total. The fourth-order valence-electron chi connectivity index (χ4n) is 3.56.